The first-order valence-corrected chi connectivity index (χ1v) is 7.03. The predicted octanol–water partition coefficient (Wildman–Crippen LogP) is 2.03. The minimum atomic E-state index is -0.229. The lowest BCUT2D eigenvalue weighted by atomic mass is 10.2. The summed E-state index contributed by atoms with van der Waals surface area (Å²) in [5.74, 6) is 0.589. The van der Waals surface area contributed by atoms with Crippen molar-refractivity contribution < 1.29 is 4.79 Å². The highest BCUT2D eigenvalue weighted by molar-refractivity contribution is 6.03. The molecule has 1 N–H and O–H groups in total. The van der Waals surface area contributed by atoms with Crippen molar-refractivity contribution in [3.63, 3.8) is 0 Å². The minimum Gasteiger partial charge on any atom is -0.357 e. The maximum Gasteiger partial charge on any atom is 0.274 e. The average molecular weight is 283 g/mol. The van der Waals surface area contributed by atoms with Crippen LogP contribution in [0.3, 0.4) is 0 Å². The van der Waals surface area contributed by atoms with Crippen LogP contribution in [0.4, 0.5) is 11.5 Å². The Balaban J connectivity index is 1.78. The van der Waals surface area contributed by atoms with Crippen molar-refractivity contribution in [1.29, 1.82) is 0 Å². The smallest absolute Gasteiger partial charge is 0.274 e. The number of hydrogen-bond acceptors (Lipinski definition) is 5. The van der Waals surface area contributed by atoms with Gasteiger partial charge in [-0.05, 0) is 31.4 Å². The highest BCUT2D eigenvalue weighted by Gasteiger charge is 2.16. The van der Waals surface area contributed by atoms with Crippen molar-refractivity contribution in [3.05, 3.63) is 42.1 Å². The first-order chi connectivity index (χ1) is 10.2. The molecule has 6 heteroatoms. The largest absolute Gasteiger partial charge is 0.357 e. The van der Waals surface area contributed by atoms with Gasteiger partial charge < -0.3 is 10.2 Å². The highest BCUT2D eigenvalue weighted by atomic mass is 16.1. The van der Waals surface area contributed by atoms with E-state index in [2.05, 4.69) is 25.2 Å². The van der Waals surface area contributed by atoms with Gasteiger partial charge in [-0.1, -0.05) is 0 Å². The molecule has 0 bridgehead atoms. The lowest BCUT2D eigenvalue weighted by Crippen LogP contribution is -2.21. The summed E-state index contributed by atoms with van der Waals surface area (Å²) in [6, 6.07) is 3.52. The van der Waals surface area contributed by atoms with Gasteiger partial charge in [0, 0.05) is 37.2 Å². The van der Waals surface area contributed by atoms with Crippen molar-refractivity contribution in [1.82, 2.24) is 15.0 Å². The summed E-state index contributed by atoms with van der Waals surface area (Å²) in [7, 11) is 0. The van der Waals surface area contributed by atoms with Crippen molar-refractivity contribution in [2.45, 2.75) is 19.8 Å². The number of nitrogens with zero attached hydrogens (tertiary/aromatic N) is 4. The van der Waals surface area contributed by atoms with Gasteiger partial charge in [-0.3, -0.25) is 9.78 Å². The molecule has 21 heavy (non-hydrogen) atoms. The zero-order valence-electron chi connectivity index (χ0n) is 11.9. The molecular weight excluding hydrogens is 266 g/mol. The van der Waals surface area contributed by atoms with Crippen LogP contribution < -0.4 is 10.2 Å². The van der Waals surface area contributed by atoms with Crippen LogP contribution in [0, 0.1) is 6.92 Å². The molecule has 1 amide bonds. The average Bonchev–Trinajstić information content (AvgIpc) is 3.04. The molecule has 0 spiro atoms. The summed E-state index contributed by atoms with van der Waals surface area (Å²) in [4.78, 5) is 26.8. The minimum absolute atomic E-state index is 0.229. The summed E-state index contributed by atoms with van der Waals surface area (Å²) in [5.41, 5.74) is 2.04. The van der Waals surface area contributed by atoms with E-state index >= 15 is 0 Å². The Hall–Kier alpha value is -2.50. The standard InChI is InChI=1S/C15H17N5O/c1-11-9-16-5-4-12(11)19-15(21)13-8-14(18-10-17-13)20-6-2-3-7-20/h4-5,8-10H,2-3,6-7H2,1H3,(H,16,19,21). The first-order valence-electron chi connectivity index (χ1n) is 7.03. The van der Waals surface area contributed by atoms with Crippen LogP contribution in [-0.4, -0.2) is 33.9 Å². The van der Waals surface area contributed by atoms with Crippen LogP contribution in [0.15, 0.2) is 30.9 Å². The lowest BCUT2D eigenvalue weighted by molar-refractivity contribution is 0.102. The molecule has 108 valence electrons. The van der Waals surface area contributed by atoms with E-state index in [1.54, 1.807) is 24.5 Å². The van der Waals surface area contributed by atoms with E-state index in [1.165, 1.54) is 19.2 Å². The molecule has 0 radical (unpaired) electrons. The molecule has 0 atom stereocenters. The number of nitrogens with one attached hydrogen (secondary N) is 1. The van der Waals surface area contributed by atoms with Crippen LogP contribution >= 0.6 is 0 Å². The summed E-state index contributed by atoms with van der Waals surface area (Å²) >= 11 is 0. The topological polar surface area (TPSA) is 71.0 Å². The summed E-state index contributed by atoms with van der Waals surface area (Å²) in [6.45, 7) is 3.88. The van der Waals surface area contributed by atoms with Crippen LogP contribution in [0.5, 0.6) is 0 Å². The highest BCUT2D eigenvalue weighted by Crippen LogP contribution is 2.18. The second kappa shape index (κ2) is 5.87. The Labute approximate surface area is 123 Å². The number of pyridine rings is 1. The third-order valence-electron chi connectivity index (χ3n) is 3.58. The van der Waals surface area contributed by atoms with Crippen LogP contribution in [0.25, 0.3) is 0 Å². The van der Waals surface area contributed by atoms with Crippen molar-refractivity contribution in [3.8, 4) is 0 Å². The summed E-state index contributed by atoms with van der Waals surface area (Å²) in [6.07, 6.45) is 7.15. The number of amides is 1. The lowest BCUT2D eigenvalue weighted by Gasteiger charge is -2.16. The van der Waals surface area contributed by atoms with E-state index in [0.717, 1.165) is 30.2 Å². The second-order valence-corrected chi connectivity index (χ2v) is 5.10. The van der Waals surface area contributed by atoms with E-state index < -0.39 is 0 Å². The number of rotatable bonds is 3. The van der Waals surface area contributed by atoms with Gasteiger partial charge in [0.15, 0.2) is 0 Å². The number of aromatic nitrogens is 3. The first kappa shape index (κ1) is 13.5. The molecule has 6 nitrogen and oxygen atoms in total. The maximum atomic E-state index is 12.3. The molecule has 1 fully saturated rings. The Kier molecular flexibility index (Phi) is 3.77. The van der Waals surface area contributed by atoms with Crippen LogP contribution in [0.2, 0.25) is 0 Å². The second-order valence-electron chi connectivity index (χ2n) is 5.10. The van der Waals surface area contributed by atoms with Crippen LogP contribution in [0.1, 0.15) is 28.9 Å². The Morgan fingerprint density at radius 1 is 1.29 bits per heavy atom. The fraction of sp³-hybridized carbons (Fsp3) is 0.333. The number of carbonyl (C=O) groups is 1. The SMILES string of the molecule is Cc1cnccc1NC(=O)c1cc(N2CCCC2)ncn1. The normalized spacial score (nSPS) is 14.2. The Morgan fingerprint density at radius 2 is 2.10 bits per heavy atom. The molecule has 0 aromatic carbocycles. The zero-order chi connectivity index (χ0) is 14.7. The third-order valence-corrected chi connectivity index (χ3v) is 3.58. The molecule has 0 unspecified atom stereocenters. The van der Waals surface area contributed by atoms with Gasteiger partial charge in [-0.25, -0.2) is 9.97 Å². The number of carbonyl (C=O) groups excluding carboxylic acids is 1. The Morgan fingerprint density at radius 3 is 2.86 bits per heavy atom. The third kappa shape index (κ3) is 2.99. The van der Waals surface area contributed by atoms with Crippen molar-refractivity contribution >= 4 is 17.4 Å². The molecule has 2 aromatic heterocycles. The summed E-state index contributed by atoms with van der Waals surface area (Å²) < 4.78 is 0. The maximum absolute atomic E-state index is 12.3. The molecule has 0 saturated carbocycles. The zero-order valence-corrected chi connectivity index (χ0v) is 11.9. The van der Waals surface area contributed by atoms with Gasteiger partial charge in [0.1, 0.15) is 17.8 Å². The number of aryl methyl sites for hydroxylation is 1. The fourth-order valence-corrected chi connectivity index (χ4v) is 2.39. The van der Waals surface area contributed by atoms with Crippen LogP contribution in [-0.2, 0) is 0 Å². The number of anilines is 2. The van der Waals surface area contributed by atoms with Gasteiger partial charge in [-0.15, -0.1) is 0 Å². The van der Waals surface area contributed by atoms with E-state index in [-0.39, 0.29) is 5.91 Å². The quantitative estimate of drug-likeness (QED) is 0.933. The predicted molar refractivity (Wildman–Crippen MR) is 80.4 cm³/mol. The molecule has 3 heterocycles. The summed E-state index contributed by atoms with van der Waals surface area (Å²) in [5, 5.41) is 2.86. The fourth-order valence-electron chi connectivity index (χ4n) is 2.39. The monoisotopic (exact) mass is 283 g/mol. The van der Waals surface area contributed by atoms with E-state index in [9.17, 15) is 4.79 Å². The molecule has 0 aliphatic carbocycles. The molecule has 2 aromatic rings. The van der Waals surface area contributed by atoms with E-state index in [1.807, 2.05) is 6.92 Å². The molecule has 1 aliphatic rings. The van der Waals surface area contributed by atoms with Crippen molar-refractivity contribution in [2.24, 2.45) is 0 Å². The molecular formula is C15H17N5O. The van der Waals surface area contributed by atoms with Gasteiger partial charge in [-0.2, -0.15) is 0 Å². The van der Waals surface area contributed by atoms with Gasteiger partial charge in [0.2, 0.25) is 0 Å². The van der Waals surface area contributed by atoms with Gasteiger partial charge in [0.25, 0.3) is 5.91 Å². The van der Waals surface area contributed by atoms with Gasteiger partial charge in [0.05, 0.1) is 0 Å². The van der Waals surface area contributed by atoms with Gasteiger partial charge >= 0.3 is 0 Å². The number of hydrogen-bond donors (Lipinski definition) is 1. The van der Waals surface area contributed by atoms with E-state index in [4.69, 9.17) is 0 Å². The van der Waals surface area contributed by atoms with E-state index in [0.29, 0.717) is 5.69 Å². The molecule has 1 aliphatic heterocycles. The molecule has 1 saturated heterocycles. The Bertz CT molecular complexity index is 652. The van der Waals surface area contributed by atoms with Crippen molar-refractivity contribution in [2.75, 3.05) is 23.3 Å². The molecule has 3 rings (SSSR count).